The van der Waals surface area contributed by atoms with Gasteiger partial charge in [0.1, 0.15) is 18.2 Å². The fourth-order valence-corrected chi connectivity index (χ4v) is 4.05. The van der Waals surface area contributed by atoms with Gasteiger partial charge in [0.15, 0.2) is 0 Å². The number of methoxy groups -OCH3 is 1. The quantitative estimate of drug-likeness (QED) is 0.292. The Morgan fingerprint density at radius 1 is 1.19 bits per heavy atom. The molecule has 0 unspecified atom stereocenters. The van der Waals surface area contributed by atoms with Crippen molar-refractivity contribution in [3.05, 3.63) is 34.9 Å². The molecule has 1 fully saturated rings. The van der Waals surface area contributed by atoms with Gasteiger partial charge in [-0.1, -0.05) is 63.0 Å². The number of carbonyl (C=O) groups excluding carboxylic acids is 3. The summed E-state index contributed by atoms with van der Waals surface area (Å²) in [6, 6.07) is 4.40. The van der Waals surface area contributed by atoms with Crippen molar-refractivity contribution in [2.75, 3.05) is 33.4 Å². The maximum Gasteiger partial charge on any atom is 0.411 e. The minimum absolute atomic E-state index is 0.0107. The Hall–Kier alpha value is -1.72. The first-order chi connectivity index (χ1) is 17.1. The highest BCUT2D eigenvalue weighted by molar-refractivity contribution is 6.67. The molecule has 9 nitrogen and oxygen atoms in total. The summed E-state index contributed by atoms with van der Waals surface area (Å²) in [6.45, 7) is 4.12. The number of halogens is 5. The second kappa shape index (κ2) is 13.4. The molecular formula is C23H30Cl4FN3O6. The molecule has 1 aromatic rings. The van der Waals surface area contributed by atoms with Gasteiger partial charge in [0, 0.05) is 25.2 Å². The lowest BCUT2D eigenvalue weighted by atomic mass is 10.1. The van der Waals surface area contributed by atoms with Crippen LogP contribution in [0.2, 0.25) is 5.02 Å². The zero-order valence-corrected chi connectivity index (χ0v) is 23.9. The summed E-state index contributed by atoms with van der Waals surface area (Å²) in [7, 11) is 1.44. The molecule has 1 aliphatic heterocycles. The highest BCUT2D eigenvalue weighted by Gasteiger charge is 2.46. The normalized spacial score (nSPS) is 17.9. The number of hydrogen-bond acceptors (Lipinski definition) is 6. The maximum absolute atomic E-state index is 15.1. The molecule has 1 aliphatic rings. The summed E-state index contributed by atoms with van der Waals surface area (Å²) < 4.78 is 28.9. The molecule has 1 heterocycles. The average Bonchev–Trinajstić information content (AvgIpc) is 3.21. The number of carbonyl (C=O) groups is 3. The third kappa shape index (κ3) is 10.2. The first kappa shape index (κ1) is 31.5. The van der Waals surface area contributed by atoms with Gasteiger partial charge in [0.2, 0.25) is 3.79 Å². The van der Waals surface area contributed by atoms with E-state index < -0.39 is 46.2 Å². The van der Waals surface area contributed by atoms with Crippen LogP contribution >= 0.6 is 46.4 Å². The summed E-state index contributed by atoms with van der Waals surface area (Å²) in [5.41, 5.74) is -0.420. The largest absolute Gasteiger partial charge is 0.445 e. The van der Waals surface area contributed by atoms with Gasteiger partial charge in [0.05, 0.1) is 19.2 Å². The van der Waals surface area contributed by atoms with Crippen molar-refractivity contribution in [2.45, 2.75) is 55.2 Å². The molecule has 2 atom stereocenters. The van der Waals surface area contributed by atoms with Crippen LogP contribution in [0.3, 0.4) is 0 Å². The predicted octanol–water partition coefficient (Wildman–Crippen LogP) is 5.39. The number of alkyl halides is 3. The summed E-state index contributed by atoms with van der Waals surface area (Å²) in [4.78, 5) is 41.4. The lowest BCUT2D eigenvalue weighted by molar-refractivity contribution is -0.152. The van der Waals surface area contributed by atoms with E-state index in [1.165, 1.54) is 18.1 Å². The lowest BCUT2D eigenvalue weighted by Crippen LogP contribution is -2.47. The highest BCUT2D eigenvalue weighted by atomic mass is 35.6. The molecule has 3 amide bonds. The van der Waals surface area contributed by atoms with Crippen molar-refractivity contribution in [3.8, 4) is 0 Å². The fourth-order valence-electron chi connectivity index (χ4n) is 3.67. The summed E-state index contributed by atoms with van der Waals surface area (Å²) in [5, 5.41) is 0.397. The Kier molecular flexibility index (Phi) is 11.4. The van der Waals surface area contributed by atoms with E-state index in [-0.39, 0.29) is 37.8 Å². The van der Waals surface area contributed by atoms with Crippen LogP contribution in [0.4, 0.5) is 14.1 Å². The standard InChI is InChI=1S/C23H30Cl4FN3O6/c1-22(2,3)37-21(34)30-13-17(29(8-9-35-4)20(33)36-14-23(25,26)27)11-18(30)19(32)31(28)12-15-6-5-7-16(24)10-15/h5-7,10,17-18H,8-9,11-14H2,1-4H3/t17-,18-/m0/s1. The first-order valence-electron chi connectivity index (χ1n) is 11.3. The van der Waals surface area contributed by atoms with Crippen molar-refractivity contribution >= 4 is 64.5 Å². The molecule has 0 bridgehead atoms. The first-order valence-corrected chi connectivity index (χ1v) is 12.8. The van der Waals surface area contributed by atoms with E-state index in [0.29, 0.717) is 10.6 Å². The molecule has 0 aromatic heterocycles. The number of hydrogen-bond donors (Lipinski definition) is 0. The molecule has 0 saturated carbocycles. The van der Waals surface area contributed by atoms with Crippen LogP contribution in [-0.2, 0) is 25.5 Å². The van der Waals surface area contributed by atoms with Gasteiger partial charge in [0.25, 0.3) is 5.91 Å². The second-order valence-corrected chi connectivity index (χ2v) is 12.3. The molecule has 0 spiro atoms. The SMILES string of the molecule is COCCN(C(=O)OCC(Cl)(Cl)Cl)[C@H]1C[C@@H](C(=O)N(F)Cc2cccc(Cl)c2)N(C(=O)OC(C)(C)C)C1. The third-order valence-corrected chi connectivity index (χ3v) is 5.77. The Balaban J connectivity index is 2.29. The van der Waals surface area contributed by atoms with Crippen LogP contribution in [0.15, 0.2) is 24.3 Å². The van der Waals surface area contributed by atoms with Gasteiger partial charge in [-0.3, -0.25) is 9.69 Å². The van der Waals surface area contributed by atoms with Crippen molar-refractivity contribution < 1.29 is 33.1 Å². The molecule has 208 valence electrons. The van der Waals surface area contributed by atoms with Crippen LogP contribution < -0.4 is 0 Å². The van der Waals surface area contributed by atoms with E-state index in [1.54, 1.807) is 39.0 Å². The van der Waals surface area contributed by atoms with Gasteiger partial charge < -0.3 is 19.1 Å². The van der Waals surface area contributed by atoms with Crippen LogP contribution in [0.1, 0.15) is 32.8 Å². The van der Waals surface area contributed by atoms with E-state index >= 15 is 4.48 Å². The molecule has 2 rings (SSSR count). The van der Waals surface area contributed by atoms with Gasteiger partial charge >= 0.3 is 12.2 Å². The Labute approximate surface area is 235 Å². The third-order valence-electron chi connectivity index (χ3n) is 5.21. The van der Waals surface area contributed by atoms with Crippen LogP contribution in [0.25, 0.3) is 0 Å². The van der Waals surface area contributed by atoms with Crippen molar-refractivity contribution in [1.82, 2.24) is 14.9 Å². The summed E-state index contributed by atoms with van der Waals surface area (Å²) in [6.07, 6.45) is -1.76. The zero-order chi connectivity index (χ0) is 28.0. The topological polar surface area (TPSA) is 88.6 Å². The maximum atomic E-state index is 15.1. The lowest BCUT2D eigenvalue weighted by Gasteiger charge is -2.29. The summed E-state index contributed by atoms with van der Waals surface area (Å²) in [5.74, 6) is -0.977. The number of rotatable bonds is 8. The number of ether oxygens (including phenoxy) is 3. The Morgan fingerprint density at radius 2 is 1.86 bits per heavy atom. The highest BCUT2D eigenvalue weighted by Crippen LogP contribution is 2.29. The van der Waals surface area contributed by atoms with Crippen LogP contribution in [0.5, 0.6) is 0 Å². The van der Waals surface area contributed by atoms with Crippen LogP contribution in [-0.4, -0.2) is 87.9 Å². The molecule has 14 heteroatoms. The van der Waals surface area contributed by atoms with Crippen molar-refractivity contribution in [2.24, 2.45) is 0 Å². The number of benzene rings is 1. The van der Waals surface area contributed by atoms with E-state index in [1.807, 2.05) is 0 Å². The molecule has 0 radical (unpaired) electrons. The van der Waals surface area contributed by atoms with E-state index in [4.69, 9.17) is 60.6 Å². The van der Waals surface area contributed by atoms with Gasteiger partial charge in [-0.15, -0.1) is 0 Å². The number of nitrogens with zero attached hydrogens (tertiary/aromatic N) is 3. The predicted molar refractivity (Wildman–Crippen MR) is 138 cm³/mol. The molecule has 0 aliphatic carbocycles. The molecular weight excluding hydrogens is 575 g/mol. The molecule has 0 N–H and O–H groups in total. The van der Waals surface area contributed by atoms with Gasteiger partial charge in [-0.2, -0.15) is 5.12 Å². The van der Waals surface area contributed by atoms with Crippen LogP contribution in [0, 0.1) is 0 Å². The van der Waals surface area contributed by atoms with Gasteiger partial charge in [-0.05, 0) is 44.9 Å². The summed E-state index contributed by atoms with van der Waals surface area (Å²) >= 11 is 23.0. The smallest absolute Gasteiger partial charge is 0.411 e. The molecule has 1 aromatic carbocycles. The van der Waals surface area contributed by atoms with E-state index in [2.05, 4.69) is 0 Å². The van der Waals surface area contributed by atoms with Gasteiger partial charge in [-0.25, -0.2) is 9.59 Å². The molecule has 1 saturated heterocycles. The van der Waals surface area contributed by atoms with Crippen molar-refractivity contribution in [3.63, 3.8) is 0 Å². The molecule has 37 heavy (non-hydrogen) atoms. The number of likely N-dealkylation sites (tertiary alicyclic amines) is 1. The minimum atomic E-state index is -1.84. The van der Waals surface area contributed by atoms with E-state index in [9.17, 15) is 14.4 Å². The monoisotopic (exact) mass is 603 g/mol. The van der Waals surface area contributed by atoms with Crippen molar-refractivity contribution in [1.29, 1.82) is 0 Å². The zero-order valence-electron chi connectivity index (χ0n) is 20.9. The Morgan fingerprint density at radius 3 is 2.43 bits per heavy atom. The van der Waals surface area contributed by atoms with E-state index in [0.717, 1.165) is 4.90 Å². The minimum Gasteiger partial charge on any atom is -0.445 e. The Bertz CT molecular complexity index is 959. The number of amides is 3. The average molecular weight is 605 g/mol. The fraction of sp³-hybridized carbons (Fsp3) is 0.609. The second-order valence-electron chi connectivity index (χ2n) is 9.38.